The Hall–Kier alpha value is -3.60. The van der Waals surface area contributed by atoms with E-state index in [9.17, 15) is 4.79 Å². The van der Waals surface area contributed by atoms with Gasteiger partial charge in [-0.1, -0.05) is 5.21 Å². The van der Waals surface area contributed by atoms with Crippen LogP contribution < -0.4 is 16.0 Å². The number of aryl methyl sites for hydroxylation is 1. The van der Waals surface area contributed by atoms with Crippen LogP contribution in [0, 0.1) is 0 Å². The van der Waals surface area contributed by atoms with E-state index in [0.29, 0.717) is 39.6 Å². The minimum absolute atomic E-state index is 0.253. The quantitative estimate of drug-likeness (QED) is 0.364. The van der Waals surface area contributed by atoms with Crippen LogP contribution in [0.3, 0.4) is 0 Å². The van der Waals surface area contributed by atoms with Gasteiger partial charge in [-0.3, -0.25) is 4.79 Å². The number of hydrogen-bond donors (Lipinski definition) is 3. The minimum Gasteiger partial charge on any atom is -0.385 e. The lowest BCUT2D eigenvalue weighted by Gasteiger charge is -2.34. The largest absolute Gasteiger partial charge is 0.385 e. The third-order valence-electron chi connectivity index (χ3n) is 6.50. The Morgan fingerprint density at radius 1 is 1.26 bits per heavy atom. The highest BCUT2D eigenvalue weighted by molar-refractivity contribution is 6.39. The molecule has 4 aromatic rings. The Balaban J connectivity index is 1.60. The second-order valence-corrected chi connectivity index (χ2v) is 8.76. The highest BCUT2D eigenvalue weighted by Gasteiger charge is 2.36. The summed E-state index contributed by atoms with van der Waals surface area (Å²) in [5.74, 6) is 0.174. The first kappa shape index (κ1) is 21.0. The van der Waals surface area contributed by atoms with E-state index in [1.807, 2.05) is 6.07 Å². The minimum atomic E-state index is -1.61. The van der Waals surface area contributed by atoms with E-state index in [2.05, 4.69) is 36.3 Å². The summed E-state index contributed by atoms with van der Waals surface area (Å²) in [7, 11) is 16.6. The van der Waals surface area contributed by atoms with Crippen LogP contribution in [0.4, 0.5) is 17.2 Å². The van der Waals surface area contributed by atoms with Crippen molar-refractivity contribution < 1.29 is 9.53 Å². The van der Waals surface area contributed by atoms with Gasteiger partial charge in [0.1, 0.15) is 26.7 Å². The van der Waals surface area contributed by atoms with Crippen molar-refractivity contribution in [2.75, 3.05) is 17.7 Å². The molecule has 0 saturated heterocycles. The van der Waals surface area contributed by atoms with Gasteiger partial charge >= 0.3 is 0 Å². The molecule has 1 amide bonds. The van der Waals surface area contributed by atoms with E-state index in [1.54, 1.807) is 30.9 Å². The predicted octanol–water partition coefficient (Wildman–Crippen LogP) is 0.925. The second kappa shape index (κ2) is 7.45. The normalized spacial score (nSPS) is 21.8. The van der Waals surface area contributed by atoms with Crippen molar-refractivity contribution >= 4 is 55.5 Å². The molecule has 4 radical (unpaired) electrons. The maximum atomic E-state index is 13.2. The summed E-state index contributed by atoms with van der Waals surface area (Å²) in [6.45, 7) is 0. The first-order valence-electron chi connectivity index (χ1n) is 11.1. The molecule has 1 aliphatic carbocycles. The number of fused-ring (bicyclic) bond motifs is 6. The molecule has 11 nitrogen and oxygen atoms in total. The smallest absolute Gasteiger partial charge is 0.271 e. The number of hydrogen-bond acceptors (Lipinski definition) is 8. The number of nitrogens with zero attached hydrogens (tertiary/aromatic N) is 6. The molecule has 3 N–H and O–H groups in total. The zero-order valence-corrected chi connectivity index (χ0v) is 18.7. The van der Waals surface area contributed by atoms with E-state index in [0.717, 1.165) is 24.8 Å². The Morgan fingerprint density at radius 2 is 2.12 bits per heavy atom. The highest BCUT2D eigenvalue weighted by atomic mass is 16.5. The molecule has 6 rings (SSSR count). The number of carbonyl (C=O) groups excluding carboxylic acids is 1. The Bertz CT molecular complexity index is 1450. The average Bonchev–Trinajstić information content (AvgIpc) is 3.51. The Kier molecular flexibility index (Phi) is 4.60. The summed E-state index contributed by atoms with van der Waals surface area (Å²) >= 11 is 0. The number of carbonyl (C=O) groups is 1. The zero-order chi connectivity index (χ0) is 23.6. The fourth-order valence-corrected chi connectivity index (χ4v) is 4.82. The van der Waals surface area contributed by atoms with Gasteiger partial charge in [-0.15, -0.1) is 10.2 Å². The van der Waals surface area contributed by atoms with E-state index >= 15 is 0 Å². The number of aromatic nitrogens is 6. The number of nitrogens with one attached hydrogen (secondary N) is 3. The summed E-state index contributed by atoms with van der Waals surface area (Å²) < 4.78 is 9.38. The van der Waals surface area contributed by atoms with Gasteiger partial charge in [-0.05, 0) is 37.0 Å². The standard InChI is InChI=1S/C21H21B2N9O2/c1-24-14-8-17-26-12-6-10(7-13-18(12)31(2)30-28-13)21(22,23)34-16-5-3-4-11(16)27-20(33)15-9-25-19(14)32(15)29-17/h6-9,11,16,24H,3-5H2,1-2H3,(H,26,29)(H,27,33)/t11-,16-/m1/s1. The van der Waals surface area contributed by atoms with Crippen molar-refractivity contribution in [1.82, 2.24) is 34.9 Å². The molecular formula is C21H21B2N9O2. The van der Waals surface area contributed by atoms with Gasteiger partial charge < -0.3 is 20.7 Å². The molecule has 168 valence electrons. The van der Waals surface area contributed by atoms with E-state index in [1.165, 1.54) is 10.7 Å². The summed E-state index contributed by atoms with van der Waals surface area (Å²) in [5.41, 5.74) is 4.06. The van der Waals surface area contributed by atoms with Crippen LogP contribution in [0.25, 0.3) is 16.7 Å². The topological polar surface area (TPSA) is 123 Å². The second-order valence-electron chi connectivity index (χ2n) is 8.76. The van der Waals surface area contributed by atoms with Gasteiger partial charge in [0.25, 0.3) is 5.91 Å². The fourth-order valence-electron chi connectivity index (χ4n) is 4.82. The van der Waals surface area contributed by atoms with Crippen LogP contribution in [0.1, 0.15) is 35.3 Å². The third-order valence-corrected chi connectivity index (χ3v) is 6.50. The van der Waals surface area contributed by atoms with Gasteiger partial charge in [-0.25, -0.2) is 14.2 Å². The Labute approximate surface area is 197 Å². The predicted molar refractivity (Wildman–Crippen MR) is 127 cm³/mol. The van der Waals surface area contributed by atoms with E-state index < -0.39 is 5.40 Å². The molecule has 0 spiro atoms. The highest BCUT2D eigenvalue weighted by Crippen LogP contribution is 2.35. The van der Waals surface area contributed by atoms with Crippen LogP contribution in [-0.4, -0.2) is 70.4 Å². The molecule has 2 aliphatic rings. The zero-order valence-electron chi connectivity index (χ0n) is 18.7. The van der Waals surface area contributed by atoms with Crippen molar-refractivity contribution in [3.8, 4) is 0 Å². The number of ether oxygens (including phenoxy) is 1. The average molecular weight is 453 g/mol. The summed E-state index contributed by atoms with van der Waals surface area (Å²) in [4.78, 5) is 17.6. The fraction of sp³-hybridized carbons (Fsp3) is 0.381. The molecule has 3 aromatic heterocycles. The van der Waals surface area contributed by atoms with Crippen LogP contribution in [0.15, 0.2) is 24.4 Å². The van der Waals surface area contributed by atoms with Crippen LogP contribution >= 0.6 is 0 Å². The molecule has 34 heavy (non-hydrogen) atoms. The van der Waals surface area contributed by atoms with E-state index in [-0.39, 0.29) is 18.1 Å². The molecular weight excluding hydrogens is 432 g/mol. The van der Waals surface area contributed by atoms with Crippen molar-refractivity contribution in [2.24, 2.45) is 7.05 Å². The lowest BCUT2D eigenvalue weighted by atomic mass is 9.61. The molecule has 2 atom stereocenters. The van der Waals surface area contributed by atoms with Crippen LogP contribution in [0.5, 0.6) is 0 Å². The summed E-state index contributed by atoms with van der Waals surface area (Å²) in [6, 6.07) is 5.14. The van der Waals surface area contributed by atoms with Gasteiger partial charge in [0, 0.05) is 25.6 Å². The summed E-state index contributed by atoms with van der Waals surface area (Å²) in [6.07, 6.45) is 3.50. The maximum Gasteiger partial charge on any atom is 0.271 e. The van der Waals surface area contributed by atoms with Gasteiger partial charge in [0.2, 0.25) is 0 Å². The van der Waals surface area contributed by atoms with Crippen LogP contribution in [-0.2, 0) is 17.2 Å². The molecule has 0 unspecified atom stereocenters. The monoisotopic (exact) mass is 453 g/mol. The maximum absolute atomic E-state index is 13.2. The number of rotatable bonds is 1. The number of imidazole rings is 1. The number of amides is 1. The van der Waals surface area contributed by atoms with Gasteiger partial charge in [-0.2, -0.15) is 0 Å². The van der Waals surface area contributed by atoms with Gasteiger partial charge in [0.05, 0.1) is 29.7 Å². The van der Waals surface area contributed by atoms with Crippen molar-refractivity contribution in [3.63, 3.8) is 0 Å². The van der Waals surface area contributed by atoms with Crippen molar-refractivity contribution in [2.45, 2.75) is 36.8 Å². The van der Waals surface area contributed by atoms with Crippen molar-refractivity contribution in [1.29, 1.82) is 0 Å². The van der Waals surface area contributed by atoms with E-state index in [4.69, 9.17) is 20.4 Å². The van der Waals surface area contributed by atoms with Gasteiger partial charge in [0.15, 0.2) is 17.2 Å². The lowest BCUT2D eigenvalue weighted by Crippen LogP contribution is -2.46. The molecule has 4 heterocycles. The molecule has 13 heteroatoms. The Morgan fingerprint density at radius 3 is 2.94 bits per heavy atom. The summed E-state index contributed by atoms with van der Waals surface area (Å²) in [5, 5.41) is 20.9. The molecule has 4 bridgehead atoms. The third kappa shape index (κ3) is 3.22. The number of anilines is 3. The molecule has 1 aromatic carbocycles. The first-order chi connectivity index (χ1) is 16.3. The lowest BCUT2D eigenvalue weighted by molar-refractivity contribution is -0.00593. The number of benzene rings is 1. The van der Waals surface area contributed by atoms with Crippen molar-refractivity contribution in [3.05, 3.63) is 35.7 Å². The first-order valence-corrected chi connectivity index (χ1v) is 11.1. The SMILES string of the molecule is [B]C1([B])O[C@@H]2CCC[C@H]2NC(=O)c2cnc3c(NC)cc(nn23)Nc2cc1cc1nnn(C)c21. The van der Waals surface area contributed by atoms with Crippen LogP contribution in [0.2, 0.25) is 0 Å². The molecule has 1 fully saturated rings. The molecule has 1 aliphatic heterocycles. The molecule has 1 saturated carbocycles.